The number of phenols is 1. The number of hydrogen-bond acceptors (Lipinski definition) is 3. The van der Waals surface area contributed by atoms with Crippen molar-refractivity contribution in [3.8, 4) is 22.6 Å². The quantitative estimate of drug-likeness (QED) is 0.463. The van der Waals surface area contributed by atoms with Gasteiger partial charge in [-0.2, -0.15) is 0 Å². The van der Waals surface area contributed by atoms with Gasteiger partial charge in [0.05, 0.1) is 5.02 Å². The fraction of sp³-hybridized carbons (Fsp3) is 0.0952. The summed E-state index contributed by atoms with van der Waals surface area (Å²) in [7, 11) is 0. The molecule has 8 heteroatoms. The molecule has 0 bridgehead atoms. The van der Waals surface area contributed by atoms with Gasteiger partial charge in [-0.15, -0.1) is 0 Å². The minimum atomic E-state index is -1.11. The molecular weight excluding hydrogens is 442 g/mol. The van der Waals surface area contributed by atoms with Crippen LogP contribution in [0.5, 0.6) is 11.5 Å². The molecule has 3 aromatic carbocycles. The minimum absolute atomic E-state index is 0.0195. The van der Waals surface area contributed by atoms with Crippen molar-refractivity contribution in [1.82, 2.24) is 0 Å². The van der Waals surface area contributed by atoms with E-state index in [1.54, 1.807) is 12.1 Å². The Hall–Kier alpha value is -2.47. The van der Waals surface area contributed by atoms with Gasteiger partial charge >= 0.3 is 5.97 Å². The summed E-state index contributed by atoms with van der Waals surface area (Å²) in [5, 5.41) is 19.5. The predicted octanol–water partition coefficient (Wildman–Crippen LogP) is 6.21. The van der Waals surface area contributed by atoms with Gasteiger partial charge in [0.2, 0.25) is 0 Å². The highest BCUT2D eigenvalue weighted by Crippen LogP contribution is 2.36. The Bertz CT molecular complexity index is 1060. The Morgan fingerprint density at radius 3 is 2.28 bits per heavy atom. The smallest absolute Gasteiger partial charge is 0.341 e. The molecule has 0 radical (unpaired) electrons. The van der Waals surface area contributed by atoms with Gasteiger partial charge in [0.25, 0.3) is 0 Å². The molecule has 0 aliphatic rings. The van der Waals surface area contributed by atoms with Crippen molar-refractivity contribution >= 4 is 40.8 Å². The van der Waals surface area contributed by atoms with Crippen LogP contribution in [0.2, 0.25) is 15.1 Å². The van der Waals surface area contributed by atoms with Crippen LogP contribution in [0.15, 0.2) is 48.5 Å². The second kappa shape index (κ2) is 8.91. The van der Waals surface area contributed by atoms with Gasteiger partial charge in [0.15, 0.2) is 6.61 Å². The number of carbonyl (C=O) groups is 1. The Kier molecular flexibility index (Phi) is 6.52. The number of hydrogen-bond donors (Lipinski definition) is 2. The van der Waals surface area contributed by atoms with Crippen LogP contribution < -0.4 is 4.74 Å². The molecular formula is C21H14Cl3FO4. The number of aromatic hydroxyl groups is 1. The molecule has 3 rings (SSSR count). The standard InChI is InChI=1S/C21H14Cl3FO4/c22-16-8-13(29-10-21(27)28)9-17(23)15(16)6-11-1-4-20(26)14(5-11)12-2-3-19(25)18(24)7-12/h1-5,7-9,26H,6,10H2,(H,27,28). The van der Waals surface area contributed by atoms with Crippen molar-refractivity contribution in [1.29, 1.82) is 0 Å². The molecule has 29 heavy (non-hydrogen) atoms. The van der Waals surface area contributed by atoms with E-state index in [1.165, 1.54) is 36.4 Å². The van der Waals surface area contributed by atoms with Crippen LogP contribution >= 0.6 is 34.8 Å². The number of aliphatic carboxylic acids is 1. The van der Waals surface area contributed by atoms with E-state index in [-0.39, 0.29) is 16.5 Å². The van der Waals surface area contributed by atoms with Gasteiger partial charge in [0.1, 0.15) is 17.3 Å². The third-order valence-corrected chi connectivity index (χ3v) is 5.11. The van der Waals surface area contributed by atoms with Crippen LogP contribution in [0.4, 0.5) is 4.39 Å². The summed E-state index contributed by atoms with van der Waals surface area (Å²) in [5.74, 6) is -1.39. The zero-order chi connectivity index (χ0) is 21.1. The van der Waals surface area contributed by atoms with Crippen molar-refractivity contribution in [3.05, 3.63) is 80.5 Å². The van der Waals surface area contributed by atoms with Crippen molar-refractivity contribution in [2.45, 2.75) is 6.42 Å². The summed E-state index contributed by atoms with van der Waals surface area (Å²) in [6, 6.07) is 12.1. The van der Waals surface area contributed by atoms with Crippen LogP contribution in [0.3, 0.4) is 0 Å². The summed E-state index contributed by atoms with van der Waals surface area (Å²) in [6.07, 6.45) is 0.346. The van der Waals surface area contributed by atoms with E-state index < -0.39 is 18.4 Å². The highest BCUT2D eigenvalue weighted by atomic mass is 35.5. The van der Waals surface area contributed by atoms with Gasteiger partial charge in [-0.25, -0.2) is 9.18 Å². The lowest BCUT2D eigenvalue weighted by atomic mass is 9.98. The lowest BCUT2D eigenvalue weighted by Gasteiger charge is -2.12. The van der Waals surface area contributed by atoms with Crippen LogP contribution in [0.1, 0.15) is 11.1 Å². The van der Waals surface area contributed by atoms with Gasteiger partial charge in [0, 0.05) is 22.0 Å². The molecule has 4 nitrogen and oxygen atoms in total. The van der Waals surface area contributed by atoms with E-state index in [2.05, 4.69) is 0 Å². The van der Waals surface area contributed by atoms with Crippen LogP contribution in [0.25, 0.3) is 11.1 Å². The Morgan fingerprint density at radius 2 is 1.66 bits per heavy atom. The second-order valence-electron chi connectivity index (χ2n) is 6.21. The van der Waals surface area contributed by atoms with E-state index in [9.17, 15) is 14.3 Å². The lowest BCUT2D eigenvalue weighted by Crippen LogP contribution is -2.09. The van der Waals surface area contributed by atoms with E-state index in [4.69, 9.17) is 44.6 Å². The van der Waals surface area contributed by atoms with E-state index in [0.29, 0.717) is 33.2 Å². The Labute approximate surface area is 181 Å². The number of phenolic OH excluding ortho intramolecular Hbond substituents is 1. The summed E-state index contributed by atoms with van der Waals surface area (Å²) in [5.41, 5.74) is 2.45. The molecule has 0 unspecified atom stereocenters. The molecule has 0 aromatic heterocycles. The van der Waals surface area contributed by atoms with Crippen LogP contribution in [-0.2, 0) is 11.2 Å². The molecule has 0 heterocycles. The number of halogens is 4. The molecule has 0 saturated carbocycles. The second-order valence-corrected chi connectivity index (χ2v) is 7.43. The number of carboxylic acid groups (broad SMARTS) is 1. The molecule has 2 N–H and O–H groups in total. The topological polar surface area (TPSA) is 66.8 Å². The molecule has 150 valence electrons. The molecule has 0 aliphatic carbocycles. The molecule has 3 aromatic rings. The first-order chi connectivity index (χ1) is 13.7. The molecule has 0 saturated heterocycles. The Morgan fingerprint density at radius 1 is 0.966 bits per heavy atom. The average Bonchev–Trinajstić information content (AvgIpc) is 2.66. The molecule has 0 aliphatic heterocycles. The third kappa shape index (κ3) is 5.12. The van der Waals surface area contributed by atoms with Crippen molar-refractivity contribution in [2.24, 2.45) is 0 Å². The van der Waals surface area contributed by atoms with E-state index in [1.807, 2.05) is 0 Å². The number of carboxylic acids is 1. The molecule has 0 amide bonds. The first-order valence-corrected chi connectivity index (χ1v) is 9.48. The Balaban J connectivity index is 1.91. The summed E-state index contributed by atoms with van der Waals surface area (Å²) >= 11 is 18.5. The zero-order valence-corrected chi connectivity index (χ0v) is 17.0. The lowest BCUT2D eigenvalue weighted by molar-refractivity contribution is -0.139. The SMILES string of the molecule is O=C(O)COc1cc(Cl)c(Cc2ccc(O)c(-c3ccc(F)c(Cl)c3)c2)c(Cl)c1. The number of rotatable bonds is 6. The van der Waals surface area contributed by atoms with Crippen LogP contribution in [0, 0.1) is 5.82 Å². The summed E-state index contributed by atoms with van der Waals surface area (Å²) < 4.78 is 18.5. The molecule has 0 fully saturated rings. The van der Waals surface area contributed by atoms with Gasteiger partial charge in [-0.3, -0.25) is 0 Å². The van der Waals surface area contributed by atoms with E-state index >= 15 is 0 Å². The highest BCUT2D eigenvalue weighted by molar-refractivity contribution is 6.36. The van der Waals surface area contributed by atoms with Gasteiger partial charge < -0.3 is 14.9 Å². The normalized spacial score (nSPS) is 10.8. The van der Waals surface area contributed by atoms with Crippen molar-refractivity contribution in [2.75, 3.05) is 6.61 Å². The maximum absolute atomic E-state index is 13.4. The van der Waals surface area contributed by atoms with Gasteiger partial charge in [-0.05, 0) is 53.1 Å². The predicted molar refractivity (Wildman–Crippen MR) is 111 cm³/mol. The van der Waals surface area contributed by atoms with E-state index in [0.717, 1.165) is 5.56 Å². The fourth-order valence-corrected chi connectivity index (χ4v) is 3.55. The monoisotopic (exact) mass is 454 g/mol. The summed E-state index contributed by atoms with van der Waals surface area (Å²) in [6.45, 7) is -0.506. The maximum Gasteiger partial charge on any atom is 0.341 e. The van der Waals surface area contributed by atoms with Crippen molar-refractivity contribution in [3.63, 3.8) is 0 Å². The highest BCUT2D eigenvalue weighted by Gasteiger charge is 2.13. The average molecular weight is 456 g/mol. The fourth-order valence-electron chi connectivity index (χ4n) is 2.77. The van der Waals surface area contributed by atoms with Gasteiger partial charge in [-0.1, -0.05) is 46.9 Å². The maximum atomic E-state index is 13.4. The zero-order valence-electron chi connectivity index (χ0n) is 14.8. The summed E-state index contributed by atoms with van der Waals surface area (Å²) in [4.78, 5) is 10.6. The molecule has 0 spiro atoms. The van der Waals surface area contributed by atoms with Crippen LogP contribution in [-0.4, -0.2) is 22.8 Å². The number of benzene rings is 3. The van der Waals surface area contributed by atoms with Crippen molar-refractivity contribution < 1.29 is 24.1 Å². The minimum Gasteiger partial charge on any atom is -0.507 e. The molecule has 0 atom stereocenters. The first kappa shape index (κ1) is 21.2. The first-order valence-electron chi connectivity index (χ1n) is 8.34. The number of ether oxygens (including phenoxy) is 1. The third-order valence-electron chi connectivity index (χ3n) is 4.15. The largest absolute Gasteiger partial charge is 0.507 e.